The molecule has 0 unspecified atom stereocenters. The summed E-state index contributed by atoms with van der Waals surface area (Å²) in [5.41, 5.74) is 2.06. The van der Waals surface area contributed by atoms with Crippen molar-refractivity contribution in [1.29, 1.82) is 0 Å². The van der Waals surface area contributed by atoms with Crippen LogP contribution in [-0.4, -0.2) is 26.2 Å². The molecule has 1 aromatic rings. The van der Waals surface area contributed by atoms with Gasteiger partial charge in [0.1, 0.15) is 6.42 Å². The molecular formula is C14H14O4. The summed E-state index contributed by atoms with van der Waals surface area (Å²) in [4.78, 5) is 22.3. The van der Waals surface area contributed by atoms with Crippen molar-refractivity contribution in [3.05, 3.63) is 34.9 Å². The molecule has 0 aliphatic rings. The second-order valence-corrected chi connectivity index (χ2v) is 3.58. The lowest BCUT2D eigenvalue weighted by molar-refractivity contribution is -0.139. The number of methoxy groups -OCH3 is 2. The maximum absolute atomic E-state index is 11.4. The van der Waals surface area contributed by atoms with E-state index in [-0.39, 0.29) is 12.4 Å². The molecule has 0 aliphatic carbocycles. The van der Waals surface area contributed by atoms with Crippen LogP contribution in [0.5, 0.6) is 0 Å². The van der Waals surface area contributed by atoms with E-state index in [0.29, 0.717) is 11.1 Å². The summed E-state index contributed by atoms with van der Waals surface area (Å²) in [6.07, 6.45) is 0.0262. The third kappa shape index (κ3) is 3.63. The molecular weight excluding hydrogens is 232 g/mol. The van der Waals surface area contributed by atoms with Crippen molar-refractivity contribution in [1.82, 2.24) is 0 Å². The van der Waals surface area contributed by atoms with E-state index in [1.54, 1.807) is 18.2 Å². The summed E-state index contributed by atoms with van der Waals surface area (Å²) in [7, 11) is 2.64. The summed E-state index contributed by atoms with van der Waals surface area (Å²) < 4.78 is 9.11. The molecule has 0 heterocycles. The average molecular weight is 246 g/mol. The molecule has 0 saturated carbocycles. The Kier molecular flexibility index (Phi) is 4.94. The molecule has 18 heavy (non-hydrogen) atoms. The van der Waals surface area contributed by atoms with Crippen LogP contribution in [0.15, 0.2) is 18.2 Å². The normalized spacial score (nSPS) is 9.06. The SMILES string of the molecule is COC(=O)CC#Cc1cc(C(=O)OC)ccc1C. The van der Waals surface area contributed by atoms with Crippen LogP contribution >= 0.6 is 0 Å². The Labute approximate surface area is 106 Å². The lowest BCUT2D eigenvalue weighted by atomic mass is 10.1. The molecule has 0 spiro atoms. The van der Waals surface area contributed by atoms with Crippen LogP contribution in [0.3, 0.4) is 0 Å². The number of aryl methyl sites for hydroxylation is 1. The van der Waals surface area contributed by atoms with Gasteiger partial charge in [0.15, 0.2) is 0 Å². The molecule has 4 heteroatoms. The Bertz CT molecular complexity index is 520. The monoisotopic (exact) mass is 246 g/mol. The van der Waals surface area contributed by atoms with Crippen molar-refractivity contribution in [3.63, 3.8) is 0 Å². The highest BCUT2D eigenvalue weighted by Crippen LogP contribution is 2.11. The van der Waals surface area contributed by atoms with Crippen LogP contribution in [0, 0.1) is 18.8 Å². The Morgan fingerprint density at radius 1 is 1.22 bits per heavy atom. The van der Waals surface area contributed by atoms with Gasteiger partial charge in [0.2, 0.25) is 0 Å². The smallest absolute Gasteiger partial charge is 0.337 e. The lowest BCUT2D eigenvalue weighted by Crippen LogP contribution is -2.02. The van der Waals surface area contributed by atoms with E-state index >= 15 is 0 Å². The highest BCUT2D eigenvalue weighted by molar-refractivity contribution is 5.89. The minimum absolute atomic E-state index is 0.0262. The molecule has 4 nitrogen and oxygen atoms in total. The zero-order chi connectivity index (χ0) is 13.5. The Balaban J connectivity index is 2.94. The minimum Gasteiger partial charge on any atom is -0.468 e. The molecule has 0 amide bonds. The topological polar surface area (TPSA) is 52.6 Å². The van der Waals surface area contributed by atoms with Crippen LogP contribution in [0.2, 0.25) is 0 Å². The third-order valence-corrected chi connectivity index (χ3v) is 2.34. The van der Waals surface area contributed by atoms with E-state index in [0.717, 1.165) is 5.56 Å². The third-order valence-electron chi connectivity index (χ3n) is 2.34. The molecule has 94 valence electrons. The van der Waals surface area contributed by atoms with Crippen molar-refractivity contribution in [2.45, 2.75) is 13.3 Å². The fraction of sp³-hybridized carbons (Fsp3) is 0.286. The standard InChI is InChI=1S/C14H14O4/c1-10-7-8-12(14(16)18-3)9-11(10)5-4-6-13(15)17-2/h7-9H,6H2,1-3H3. The fourth-order valence-electron chi connectivity index (χ4n) is 1.29. The summed E-state index contributed by atoms with van der Waals surface area (Å²) in [5.74, 6) is 4.74. The summed E-state index contributed by atoms with van der Waals surface area (Å²) in [6.45, 7) is 1.88. The number of benzene rings is 1. The predicted molar refractivity (Wildman–Crippen MR) is 66.0 cm³/mol. The van der Waals surface area contributed by atoms with Crippen LogP contribution in [-0.2, 0) is 14.3 Å². The van der Waals surface area contributed by atoms with Gasteiger partial charge in [0, 0.05) is 5.56 Å². The summed E-state index contributed by atoms with van der Waals surface area (Å²) in [5, 5.41) is 0. The number of hydrogen-bond donors (Lipinski definition) is 0. The highest BCUT2D eigenvalue weighted by atomic mass is 16.5. The Hall–Kier alpha value is -2.28. The van der Waals surface area contributed by atoms with Crippen LogP contribution in [0.25, 0.3) is 0 Å². The zero-order valence-corrected chi connectivity index (χ0v) is 10.6. The van der Waals surface area contributed by atoms with E-state index in [1.807, 2.05) is 6.92 Å². The first kappa shape index (κ1) is 13.8. The van der Waals surface area contributed by atoms with E-state index in [2.05, 4.69) is 21.3 Å². The Morgan fingerprint density at radius 3 is 2.56 bits per heavy atom. The molecule has 0 fully saturated rings. The molecule has 0 N–H and O–H groups in total. The zero-order valence-electron chi connectivity index (χ0n) is 10.6. The van der Waals surface area contributed by atoms with Gasteiger partial charge in [-0.25, -0.2) is 4.79 Å². The van der Waals surface area contributed by atoms with Gasteiger partial charge in [-0.2, -0.15) is 0 Å². The maximum Gasteiger partial charge on any atom is 0.337 e. The molecule has 0 aromatic heterocycles. The number of ether oxygens (including phenoxy) is 2. The highest BCUT2D eigenvalue weighted by Gasteiger charge is 2.06. The van der Waals surface area contributed by atoms with Crippen LogP contribution in [0.4, 0.5) is 0 Å². The molecule has 0 aliphatic heterocycles. The number of esters is 2. The molecule has 0 bridgehead atoms. The minimum atomic E-state index is -0.411. The van der Waals surface area contributed by atoms with Crippen molar-refractivity contribution in [2.24, 2.45) is 0 Å². The second kappa shape index (κ2) is 6.45. The summed E-state index contributed by atoms with van der Waals surface area (Å²) >= 11 is 0. The number of carbonyl (C=O) groups is 2. The van der Waals surface area contributed by atoms with Gasteiger partial charge in [0.05, 0.1) is 19.8 Å². The van der Waals surface area contributed by atoms with Crippen molar-refractivity contribution < 1.29 is 19.1 Å². The fourth-order valence-corrected chi connectivity index (χ4v) is 1.29. The lowest BCUT2D eigenvalue weighted by Gasteiger charge is -2.02. The predicted octanol–water partition coefficient (Wildman–Crippen LogP) is 1.70. The maximum atomic E-state index is 11.4. The number of rotatable bonds is 2. The average Bonchev–Trinajstić information content (AvgIpc) is 2.39. The number of carbonyl (C=O) groups excluding carboxylic acids is 2. The largest absolute Gasteiger partial charge is 0.468 e. The first-order chi connectivity index (χ1) is 8.58. The van der Waals surface area contributed by atoms with Gasteiger partial charge in [-0.15, -0.1) is 0 Å². The van der Waals surface area contributed by atoms with Crippen LogP contribution < -0.4 is 0 Å². The van der Waals surface area contributed by atoms with Gasteiger partial charge in [-0.05, 0) is 24.6 Å². The van der Waals surface area contributed by atoms with Crippen molar-refractivity contribution in [3.8, 4) is 11.8 Å². The quantitative estimate of drug-likeness (QED) is 0.588. The van der Waals surface area contributed by atoms with Crippen LogP contribution in [0.1, 0.15) is 27.9 Å². The van der Waals surface area contributed by atoms with Crippen molar-refractivity contribution in [2.75, 3.05) is 14.2 Å². The molecule has 1 aromatic carbocycles. The van der Waals surface area contributed by atoms with Gasteiger partial charge >= 0.3 is 11.9 Å². The van der Waals surface area contributed by atoms with Gasteiger partial charge in [-0.1, -0.05) is 17.9 Å². The second-order valence-electron chi connectivity index (χ2n) is 3.58. The van der Waals surface area contributed by atoms with Crippen molar-refractivity contribution >= 4 is 11.9 Å². The molecule has 0 atom stereocenters. The van der Waals surface area contributed by atoms with E-state index in [4.69, 9.17) is 0 Å². The first-order valence-electron chi connectivity index (χ1n) is 5.33. The summed E-state index contributed by atoms with van der Waals surface area (Å²) in [6, 6.07) is 5.10. The van der Waals surface area contributed by atoms with Gasteiger partial charge in [0.25, 0.3) is 0 Å². The van der Waals surface area contributed by atoms with E-state index in [9.17, 15) is 9.59 Å². The first-order valence-corrected chi connectivity index (χ1v) is 5.33. The van der Waals surface area contributed by atoms with Gasteiger partial charge in [-0.3, -0.25) is 4.79 Å². The molecule has 0 radical (unpaired) electrons. The van der Waals surface area contributed by atoms with E-state index in [1.165, 1.54) is 14.2 Å². The molecule has 0 saturated heterocycles. The Morgan fingerprint density at radius 2 is 1.94 bits per heavy atom. The molecule has 1 rings (SSSR count). The van der Waals surface area contributed by atoms with Gasteiger partial charge < -0.3 is 9.47 Å². The number of hydrogen-bond acceptors (Lipinski definition) is 4. The van der Waals surface area contributed by atoms with E-state index < -0.39 is 5.97 Å².